The molecular weight excluding hydrogens is 184 g/mol. The second kappa shape index (κ2) is 5.85. The van der Waals surface area contributed by atoms with Crippen molar-refractivity contribution in [2.75, 3.05) is 28.2 Å². The topological polar surface area (TPSA) is 64.7 Å². The van der Waals surface area contributed by atoms with Gasteiger partial charge in [0.2, 0.25) is 0 Å². The molecule has 0 atom stereocenters. The van der Waals surface area contributed by atoms with Gasteiger partial charge in [-0.1, -0.05) is 0 Å². The SMILES string of the molecule is CN(C)C(=O)NC=CNC(=O)N(C)C. The first kappa shape index (κ1) is 12.3. The fourth-order valence-electron chi connectivity index (χ4n) is 0.484. The number of nitrogens with zero attached hydrogens (tertiary/aromatic N) is 2. The number of nitrogens with one attached hydrogen (secondary N) is 2. The Labute approximate surface area is 83.5 Å². The van der Waals surface area contributed by atoms with Gasteiger partial charge in [0.25, 0.3) is 0 Å². The fourth-order valence-corrected chi connectivity index (χ4v) is 0.484. The molecule has 0 spiro atoms. The van der Waals surface area contributed by atoms with Crippen LogP contribution in [-0.2, 0) is 0 Å². The van der Waals surface area contributed by atoms with Crippen molar-refractivity contribution in [3.63, 3.8) is 0 Å². The van der Waals surface area contributed by atoms with E-state index in [-0.39, 0.29) is 12.1 Å². The number of hydrogen-bond donors (Lipinski definition) is 2. The molecule has 0 rings (SSSR count). The highest BCUT2D eigenvalue weighted by molar-refractivity contribution is 5.76. The molecule has 0 saturated carbocycles. The third-order valence-corrected chi connectivity index (χ3v) is 1.31. The summed E-state index contributed by atoms with van der Waals surface area (Å²) in [7, 11) is 6.51. The number of urea groups is 2. The first-order chi connectivity index (χ1) is 6.45. The average Bonchev–Trinajstić information content (AvgIpc) is 2.11. The third kappa shape index (κ3) is 5.02. The maximum atomic E-state index is 11.0. The van der Waals surface area contributed by atoms with E-state index < -0.39 is 0 Å². The van der Waals surface area contributed by atoms with E-state index in [9.17, 15) is 9.59 Å². The zero-order valence-electron chi connectivity index (χ0n) is 8.87. The lowest BCUT2D eigenvalue weighted by Crippen LogP contribution is -2.33. The molecule has 14 heavy (non-hydrogen) atoms. The Morgan fingerprint density at radius 2 is 1.14 bits per heavy atom. The summed E-state index contributed by atoms with van der Waals surface area (Å²) in [4.78, 5) is 24.7. The number of rotatable bonds is 2. The molecule has 0 aliphatic carbocycles. The van der Waals surface area contributed by atoms with E-state index >= 15 is 0 Å². The molecule has 0 radical (unpaired) electrons. The number of amides is 4. The lowest BCUT2D eigenvalue weighted by atomic mass is 10.7. The van der Waals surface area contributed by atoms with Gasteiger partial charge in [0, 0.05) is 40.6 Å². The van der Waals surface area contributed by atoms with Crippen LogP contribution in [0.25, 0.3) is 0 Å². The maximum absolute atomic E-state index is 11.0. The van der Waals surface area contributed by atoms with E-state index in [2.05, 4.69) is 10.6 Å². The summed E-state index contributed by atoms with van der Waals surface area (Å²) >= 11 is 0. The molecular formula is C8H16N4O2. The van der Waals surface area contributed by atoms with Gasteiger partial charge in [-0.25, -0.2) is 9.59 Å². The van der Waals surface area contributed by atoms with Crippen LogP contribution in [0.5, 0.6) is 0 Å². The Kier molecular flexibility index (Phi) is 5.13. The molecule has 0 aromatic carbocycles. The van der Waals surface area contributed by atoms with Gasteiger partial charge in [-0.3, -0.25) is 0 Å². The Hall–Kier alpha value is -1.72. The Balaban J connectivity index is 3.75. The monoisotopic (exact) mass is 200 g/mol. The van der Waals surface area contributed by atoms with Gasteiger partial charge in [-0.05, 0) is 0 Å². The van der Waals surface area contributed by atoms with E-state index in [1.165, 1.54) is 22.2 Å². The summed E-state index contributed by atoms with van der Waals surface area (Å²) in [5, 5.41) is 4.90. The third-order valence-electron chi connectivity index (χ3n) is 1.31. The van der Waals surface area contributed by atoms with Gasteiger partial charge < -0.3 is 20.4 Å². The van der Waals surface area contributed by atoms with Crippen LogP contribution in [-0.4, -0.2) is 50.1 Å². The van der Waals surface area contributed by atoms with Gasteiger partial charge in [-0.2, -0.15) is 0 Å². The number of carbonyl (C=O) groups excluding carboxylic acids is 2. The zero-order chi connectivity index (χ0) is 11.1. The fraction of sp³-hybridized carbons (Fsp3) is 0.500. The molecule has 0 aliphatic rings. The van der Waals surface area contributed by atoms with E-state index in [0.29, 0.717) is 0 Å². The minimum atomic E-state index is -0.250. The molecule has 0 fully saturated rings. The average molecular weight is 200 g/mol. The van der Waals surface area contributed by atoms with Crippen LogP contribution in [0.4, 0.5) is 9.59 Å². The highest BCUT2D eigenvalue weighted by Crippen LogP contribution is 1.78. The van der Waals surface area contributed by atoms with Crippen LogP contribution in [0.1, 0.15) is 0 Å². The van der Waals surface area contributed by atoms with Crippen molar-refractivity contribution >= 4 is 12.1 Å². The van der Waals surface area contributed by atoms with E-state index in [4.69, 9.17) is 0 Å². The lowest BCUT2D eigenvalue weighted by molar-refractivity contribution is 0.219. The van der Waals surface area contributed by atoms with Crippen LogP contribution in [0.3, 0.4) is 0 Å². The van der Waals surface area contributed by atoms with Crippen molar-refractivity contribution in [3.05, 3.63) is 12.4 Å². The molecule has 0 heterocycles. The predicted molar refractivity (Wildman–Crippen MR) is 53.6 cm³/mol. The summed E-state index contributed by atoms with van der Waals surface area (Å²) in [5.41, 5.74) is 0. The zero-order valence-corrected chi connectivity index (χ0v) is 8.87. The summed E-state index contributed by atoms with van der Waals surface area (Å²) in [6.45, 7) is 0. The first-order valence-electron chi connectivity index (χ1n) is 4.05. The number of carbonyl (C=O) groups is 2. The van der Waals surface area contributed by atoms with Crippen molar-refractivity contribution < 1.29 is 9.59 Å². The molecule has 0 unspecified atom stereocenters. The van der Waals surface area contributed by atoms with E-state index in [1.807, 2.05) is 0 Å². The molecule has 0 aromatic heterocycles. The first-order valence-corrected chi connectivity index (χ1v) is 4.05. The van der Waals surface area contributed by atoms with Crippen molar-refractivity contribution in [3.8, 4) is 0 Å². The van der Waals surface area contributed by atoms with Gasteiger partial charge in [0.15, 0.2) is 0 Å². The van der Waals surface area contributed by atoms with E-state index in [0.717, 1.165) is 0 Å². The molecule has 80 valence electrons. The molecule has 6 nitrogen and oxygen atoms in total. The lowest BCUT2D eigenvalue weighted by Gasteiger charge is -2.10. The minimum absolute atomic E-state index is 0.250. The van der Waals surface area contributed by atoms with Gasteiger partial charge >= 0.3 is 12.1 Å². The van der Waals surface area contributed by atoms with Gasteiger partial charge in [0.1, 0.15) is 0 Å². The largest absolute Gasteiger partial charge is 0.331 e. The smallest absolute Gasteiger partial charge is 0.320 e. The summed E-state index contributed by atoms with van der Waals surface area (Å²) in [6, 6.07) is -0.499. The van der Waals surface area contributed by atoms with Crippen LogP contribution < -0.4 is 10.6 Å². The second-order valence-electron chi connectivity index (χ2n) is 3.02. The highest BCUT2D eigenvalue weighted by atomic mass is 16.2. The molecule has 0 aliphatic heterocycles. The van der Waals surface area contributed by atoms with Gasteiger partial charge in [0.05, 0.1) is 0 Å². The molecule has 2 N–H and O–H groups in total. The Morgan fingerprint density at radius 1 is 0.857 bits per heavy atom. The molecule has 4 amide bonds. The highest BCUT2D eigenvalue weighted by Gasteiger charge is 1.99. The van der Waals surface area contributed by atoms with Crippen molar-refractivity contribution in [1.29, 1.82) is 0 Å². The summed E-state index contributed by atoms with van der Waals surface area (Å²) in [5.74, 6) is 0. The molecule has 0 bridgehead atoms. The quantitative estimate of drug-likeness (QED) is 0.659. The van der Waals surface area contributed by atoms with Crippen LogP contribution in [0.15, 0.2) is 12.4 Å². The Morgan fingerprint density at radius 3 is 1.36 bits per heavy atom. The summed E-state index contributed by atoms with van der Waals surface area (Å²) in [6.07, 6.45) is 2.73. The minimum Gasteiger partial charge on any atom is -0.331 e. The maximum Gasteiger partial charge on any atom is 0.320 e. The van der Waals surface area contributed by atoms with Crippen molar-refractivity contribution in [2.45, 2.75) is 0 Å². The standard InChI is InChI=1S/C8H16N4O2/c1-11(2)7(13)9-5-6-10-8(14)12(3)4/h5-6H,1-4H3,(H,9,13)(H,10,14). The summed E-state index contributed by atoms with van der Waals surface area (Å²) < 4.78 is 0. The van der Waals surface area contributed by atoms with E-state index in [1.54, 1.807) is 28.2 Å². The second-order valence-corrected chi connectivity index (χ2v) is 3.02. The molecule has 6 heteroatoms. The normalized spacial score (nSPS) is 9.71. The predicted octanol–water partition coefficient (Wildman–Crippen LogP) is -0.000000000000000222. The van der Waals surface area contributed by atoms with Crippen LogP contribution in [0.2, 0.25) is 0 Å². The number of hydrogen-bond acceptors (Lipinski definition) is 2. The van der Waals surface area contributed by atoms with Crippen molar-refractivity contribution in [2.24, 2.45) is 0 Å². The van der Waals surface area contributed by atoms with Crippen molar-refractivity contribution in [1.82, 2.24) is 20.4 Å². The van der Waals surface area contributed by atoms with Gasteiger partial charge in [-0.15, -0.1) is 0 Å². The van der Waals surface area contributed by atoms with Crippen LogP contribution in [0, 0.1) is 0 Å². The molecule has 0 aromatic rings. The van der Waals surface area contributed by atoms with Crippen LogP contribution >= 0.6 is 0 Å². The Bertz CT molecular complexity index is 211. The molecule has 0 saturated heterocycles.